The first-order valence-electron chi connectivity index (χ1n) is 13.3. The molecule has 5 heterocycles. The van der Waals surface area contributed by atoms with Crippen LogP contribution < -0.4 is 10.2 Å². The lowest BCUT2D eigenvalue weighted by Gasteiger charge is -2.44. The minimum Gasteiger partial charge on any atom is -0.378 e. The van der Waals surface area contributed by atoms with Crippen molar-refractivity contribution in [3.8, 4) is 0 Å². The number of carbonyl (C=O) groups excluding carboxylic acids is 1. The highest BCUT2D eigenvalue weighted by atomic mass is 16.5. The topological polar surface area (TPSA) is 81.5 Å². The minimum atomic E-state index is 0.0695. The summed E-state index contributed by atoms with van der Waals surface area (Å²) in [6, 6.07) is 12.5. The van der Waals surface area contributed by atoms with Gasteiger partial charge in [0.15, 0.2) is 5.65 Å². The normalized spacial score (nSPS) is 21.7. The molecule has 2 aromatic heterocycles. The summed E-state index contributed by atoms with van der Waals surface area (Å²) in [7, 11) is 4.05. The Labute approximate surface area is 217 Å². The van der Waals surface area contributed by atoms with E-state index in [2.05, 4.69) is 38.2 Å². The molecule has 1 aromatic carbocycles. The molecule has 0 unspecified atom stereocenters. The molecule has 0 bridgehead atoms. The second kappa shape index (κ2) is 10.3. The Morgan fingerprint density at radius 1 is 1.08 bits per heavy atom. The number of carbonyl (C=O) groups is 1. The molecular formula is C27H36N8O2. The number of likely N-dealkylation sites (tertiary alicyclic amines) is 1. The fourth-order valence-electron chi connectivity index (χ4n) is 5.73. The number of hydrogen-bond acceptors (Lipinski definition) is 8. The van der Waals surface area contributed by atoms with Crippen molar-refractivity contribution in [2.45, 2.75) is 24.9 Å². The summed E-state index contributed by atoms with van der Waals surface area (Å²) in [6.07, 6.45) is 3.96. The summed E-state index contributed by atoms with van der Waals surface area (Å²) in [6.45, 7) is 7.62. The Balaban J connectivity index is 1.14. The zero-order valence-electron chi connectivity index (χ0n) is 21.7. The van der Waals surface area contributed by atoms with E-state index in [-0.39, 0.29) is 5.91 Å². The Morgan fingerprint density at radius 3 is 2.70 bits per heavy atom. The van der Waals surface area contributed by atoms with E-state index in [1.807, 2.05) is 53.0 Å². The molecule has 0 saturated carbocycles. The third-order valence-corrected chi connectivity index (χ3v) is 8.06. The van der Waals surface area contributed by atoms with E-state index < -0.39 is 0 Å². The number of morpholine rings is 1. The van der Waals surface area contributed by atoms with Gasteiger partial charge in [-0.15, -0.1) is 5.10 Å². The second-order valence-electron chi connectivity index (χ2n) is 10.5. The van der Waals surface area contributed by atoms with Gasteiger partial charge in [-0.2, -0.15) is 4.98 Å². The maximum Gasteiger partial charge on any atom is 0.253 e. The summed E-state index contributed by atoms with van der Waals surface area (Å²) in [5.74, 6) is 0.606. The first-order valence-corrected chi connectivity index (χ1v) is 13.3. The average Bonchev–Trinajstić information content (AvgIpc) is 3.35. The van der Waals surface area contributed by atoms with Gasteiger partial charge in [0.05, 0.1) is 24.9 Å². The molecule has 3 aliphatic rings. The van der Waals surface area contributed by atoms with E-state index >= 15 is 0 Å². The average molecular weight is 505 g/mol. The maximum atomic E-state index is 13.0. The standard InChI is InChI=1S/C27H36N8O2/c1-31-12-9-22(10-13-31)32(2)26(36)20-5-7-21(8-6-20)28-27-29-25-24(4-3-11-35(25)30-27)34-15-14-33-16-17-37-19-23(33)18-34/h3-8,11,22-23H,9-10,12-19H2,1-2H3,(H,28,30)/t23-/m0/s1. The molecule has 37 heavy (non-hydrogen) atoms. The first-order chi connectivity index (χ1) is 18.0. The lowest BCUT2D eigenvalue weighted by Crippen LogP contribution is -2.58. The Kier molecular flexibility index (Phi) is 6.71. The number of piperidine rings is 1. The Morgan fingerprint density at radius 2 is 1.89 bits per heavy atom. The van der Waals surface area contributed by atoms with E-state index in [9.17, 15) is 4.79 Å². The fourth-order valence-corrected chi connectivity index (χ4v) is 5.73. The first kappa shape index (κ1) is 24.1. The molecule has 10 heteroatoms. The van der Waals surface area contributed by atoms with E-state index in [1.54, 1.807) is 0 Å². The monoisotopic (exact) mass is 504 g/mol. The zero-order chi connectivity index (χ0) is 25.4. The van der Waals surface area contributed by atoms with Gasteiger partial charge in [0.1, 0.15) is 0 Å². The van der Waals surface area contributed by atoms with Crippen LogP contribution in [-0.4, -0.2) is 114 Å². The van der Waals surface area contributed by atoms with Gasteiger partial charge in [0.2, 0.25) is 5.95 Å². The molecule has 3 aromatic rings. The number of nitrogens with zero attached hydrogens (tertiary/aromatic N) is 7. The van der Waals surface area contributed by atoms with E-state index in [4.69, 9.17) is 9.72 Å². The number of rotatable bonds is 5. The van der Waals surface area contributed by atoms with Gasteiger partial charge in [-0.25, -0.2) is 4.52 Å². The quantitative estimate of drug-likeness (QED) is 0.566. The summed E-state index contributed by atoms with van der Waals surface area (Å²) in [5, 5.41) is 7.96. The molecule has 1 amide bonds. The van der Waals surface area contributed by atoms with Gasteiger partial charge in [-0.3, -0.25) is 9.69 Å². The van der Waals surface area contributed by atoms with E-state index in [0.29, 0.717) is 23.6 Å². The van der Waals surface area contributed by atoms with E-state index in [1.165, 1.54) is 0 Å². The van der Waals surface area contributed by atoms with Crippen LogP contribution in [0.25, 0.3) is 5.65 Å². The van der Waals surface area contributed by atoms with Crippen LogP contribution >= 0.6 is 0 Å². The fraction of sp³-hybridized carbons (Fsp3) is 0.519. The number of amides is 1. The van der Waals surface area contributed by atoms with Crippen LogP contribution in [-0.2, 0) is 4.74 Å². The number of pyridine rings is 1. The molecule has 1 N–H and O–H groups in total. The predicted octanol–water partition coefficient (Wildman–Crippen LogP) is 2.16. The van der Waals surface area contributed by atoms with Crippen molar-refractivity contribution in [2.24, 2.45) is 0 Å². The number of fused-ring (bicyclic) bond motifs is 2. The highest BCUT2D eigenvalue weighted by molar-refractivity contribution is 5.94. The molecule has 6 rings (SSSR count). The van der Waals surface area contributed by atoms with Crippen molar-refractivity contribution in [3.05, 3.63) is 48.2 Å². The van der Waals surface area contributed by atoms with Crippen molar-refractivity contribution in [1.29, 1.82) is 0 Å². The van der Waals surface area contributed by atoms with Gasteiger partial charge in [0, 0.05) is 56.7 Å². The molecule has 196 valence electrons. The zero-order valence-corrected chi connectivity index (χ0v) is 21.7. The number of hydrogen-bond donors (Lipinski definition) is 1. The highest BCUT2D eigenvalue weighted by Crippen LogP contribution is 2.26. The van der Waals surface area contributed by atoms with Crippen molar-refractivity contribution < 1.29 is 9.53 Å². The van der Waals surface area contributed by atoms with Crippen molar-refractivity contribution in [3.63, 3.8) is 0 Å². The van der Waals surface area contributed by atoms with Crippen LogP contribution in [0.3, 0.4) is 0 Å². The summed E-state index contributed by atoms with van der Waals surface area (Å²) < 4.78 is 7.54. The van der Waals surface area contributed by atoms with Gasteiger partial charge in [0.25, 0.3) is 5.91 Å². The SMILES string of the molecule is CN1CCC(N(C)C(=O)c2ccc(Nc3nc4c(N5CCN6CCOC[C@@H]6C5)cccn4n3)cc2)CC1. The van der Waals surface area contributed by atoms with Crippen LogP contribution in [0.5, 0.6) is 0 Å². The van der Waals surface area contributed by atoms with Crippen molar-refractivity contribution in [1.82, 2.24) is 29.3 Å². The lowest BCUT2D eigenvalue weighted by atomic mass is 10.0. The number of anilines is 3. The summed E-state index contributed by atoms with van der Waals surface area (Å²) >= 11 is 0. The largest absolute Gasteiger partial charge is 0.378 e. The summed E-state index contributed by atoms with van der Waals surface area (Å²) in [4.78, 5) is 27.0. The molecular weight excluding hydrogens is 468 g/mol. The smallest absolute Gasteiger partial charge is 0.253 e. The Bertz CT molecular complexity index is 1240. The van der Waals surface area contributed by atoms with Crippen LogP contribution in [0.1, 0.15) is 23.2 Å². The van der Waals surface area contributed by atoms with Gasteiger partial charge in [-0.1, -0.05) is 0 Å². The van der Waals surface area contributed by atoms with Crippen LogP contribution in [0.2, 0.25) is 0 Å². The molecule has 10 nitrogen and oxygen atoms in total. The molecule has 3 aliphatic heterocycles. The molecule has 3 saturated heterocycles. The predicted molar refractivity (Wildman–Crippen MR) is 144 cm³/mol. The van der Waals surface area contributed by atoms with E-state index in [0.717, 1.165) is 82.3 Å². The number of piperazine rings is 1. The summed E-state index contributed by atoms with van der Waals surface area (Å²) in [5.41, 5.74) is 3.47. The van der Waals surface area contributed by atoms with Gasteiger partial charge < -0.3 is 24.8 Å². The number of nitrogens with one attached hydrogen (secondary N) is 1. The third kappa shape index (κ3) is 5.01. The van der Waals surface area contributed by atoms with Crippen LogP contribution in [0, 0.1) is 0 Å². The van der Waals surface area contributed by atoms with Gasteiger partial charge in [-0.05, 0) is 69.4 Å². The third-order valence-electron chi connectivity index (χ3n) is 8.06. The Hall–Kier alpha value is -3.21. The van der Waals surface area contributed by atoms with Crippen LogP contribution in [0.4, 0.5) is 17.3 Å². The number of benzene rings is 1. The number of ether oxygens (including phenoxy) is 1. The molecule has 0 radical (unpaired) electrons. The molecule has 3 fully saturated rings. The maximum absolute atomic E-state index is 13.0. The van der Waals surface area contributed by atoms with Crippen molar-refractivity contribution >= 4 is 28.9 Å². The second-order valence-corrected chi connectivity index (χ2v) is 10.5. The molecule has 1 atom stereocenters. The minimum absolute atomic E-state index is 0.0695. The lowest BCUT2D eigenvalue weighted by molar-refractivity contribution is -0.0116. The van der Waals surface area contributed by atoms with Gasteiger partial charge >= 0.3 is 0 Å². The number of aromatic nitrogens is 3. The highest BCUT2D eigenvalue weighted by Gasteiger charge is 2.31. The molecule has 0 spiro atoms. The van der Waals surface area contributed by atoms with Crippen LogP contribution in [0.15, 0.2) is 42.6 Å². The van der Waals surface area contributed by atoms with Crippen molar-refractivity contribution in [2.75, 3.05) is 76.8 Å². The molecule has 0 aliphatic carbocycles.